The van der Waals surface area contributed by atoms with Gasteiger partial charge in [0.15, 0.2) is 0 Å². The maximum atomic E-state index is 5.93. The highest BCUT2D eigenvalue weighted by Crippen LogP contribution is 2.28. The molecule has 1 aromatic heterocycles. The monoisotopic (exact) mass is 303 g/mol. The van der Waals surface area contributed by atoms with E-state index in [-0.39, 0.29) is 0 Å². The highest BCUT2D eigenvalue weighted by molar-refractivity contribution is 9.10. The van der Waals surface area contributed by atoms with E-state index in [0.29, 0.717) is 11.2 Å². The van der Waals surface area contributed by atoms with Crippen LogP contribution in [0.3, 0.4) is 0 Å². The van der Waals surface area contributed by atoms with E-state index >= 15 is 0 Å². The van der Waals surface area contributed by atoms with Crippen molar-refractivity contribution in [2.45, 2.75) is 44.6 Å². The molecule has 0 bridgehead atoms. The molecule has 16 heavy (non-hydrogen) atoms. The van der Waals surface area contributed by atoms with Gasteiger partial charge in [-0.25, -0.2) is 9.97 Å². The summed E-state index contributed by atoms with van der Waals surface area (Å²) in [4.78, 5) is 8.13. The van der Waals surface area contributed by atoms with Gasteiger partial charge in [0.1, 0.15) is 17.3 Å². The number of halogens is 2. The Hall–Kier alpha value is -0.350. The standard InChI is InChI=1S/C11H15BrClN3/c12-9-10(13)14-7-15-11(9)16-8-5-3-1-2-4-6-8/h7-8H,1-6H2,(H,14,15,16). The van der Waals surface area contributed by atoms with Crippen LogP contribution in [0.15, 0.2) is 10.8 Å². The van der Waals surface area contributed by atoms with Gasteiger partial charge < -0.3 is 5.32 Å². The fourth-order valence-electron chi connectivity index (χ4n) is 2.07. The smallest absolute Gasteiger partial charge is 0.148 e. The topological polar surface area (TPSA) is 37.8 Å². The largest absolute Gasteiger partial charge is 0.366 e. The lowest BCUT2D eigenvalue weighted by Crippen LogP contribution is -2.19. The van der Waals surface area contributed by atoms with Crippen LogP contribution in [0.25, 0.3) is 0 Å². The molecule has 0 aromatic carbocycles. The molecule has 0 aliphatic heterocycles. The normalized spacial score (nSPS) is 18.1. The van der Waals surface area contributed by atoms with Crippen LogP contribution in [0.4, 0.5) is 5.82 Å². The van der Waals surface area contributed by atoms with Gasteiger partial charge in [-0.05, 0) is 28.8 Å². The molecule has 1 N–H and O–H groups in total. The van der Waals surface area contributed by atoms with E-state index in [4.69, 9.17) is 11.6 Å². The van der Waals surface area contributed by atoms with E-state index in [9.17, 15) is 0 Å². The summed E-state index contributed by atoms with van der Waals surface area (Å²) in [6.45, 7) is 0. The predicted molar refractivity (Wildman–Crippen MR) is 69.9 cm³/mol. The quantitative estimate of drug-likeness (QED) is 0.662. The van der Waals surface area contributed by atoms with Gasteiger partial charge in [-0.3, -0.25) is 0 Å². The third-order valence-corrected chi connectivity index (χ3v) is 4.21. The van der Waals surface area contributed by atoms with Crippen LogP contribution in [-0.4, -0.2) is 16.0 Å². The van der Waals surface area contributed by atoms with Crippen LogP contribution in [0, 0.1) is 0 Å². The molecule has 3 nitrogen and oxygen atoms in total. The van der Waals surface area contributed by atoms with Crippen LogP contribution in [0.1, 0.15) is 38.5 Å². The average molecular weight is 305 g/mol. The lowest BCUT2D eigenvalue weighted by Gasteiger charge is -2.17. The summed E-state index contributed by atoms with van der Waals surface area (Å²) in [7, 11) is 0. The second kappa shape index (κ2) is 5.82. The SMILES string of the molecule is Clc1ncnc(NC2CCCCCC2)c1Br. The Bertz CT molecular complexity index is 351. The number of anilines is 1. The molecule has 5 heteroatoms. The van der Waals surface area contributed by atoms with Gasteiger partial charge in [0.2, 0.25) is 0 Å². The van der Waals surface area contributed by atoms with Crippen molar-refractivity contribution in [1.82, 2.24) is 9.97 Å². The van der Waals surface area contributed by atoms with Crippen LogP contribution in [0.5, 0.6) is 0 Å². The minimum Gasteiger partial charge on any atom is -0.366 e. The molecule has 0 amide bonds. The maximum absolute atomic E-state index is 5.93. The van der Waals surface area contributed by atoms with Crippen molar-refractivity contribution in [2.75, 3.05) is 5.32 Å². The van der Waals surface area contributed by atoms with E-state index in [1.807, 2.05) is 0 Å². The highest BCUT2D eigenvalue weighted by atomic mass is 79.9. The summed E-state index contributed by atoms with van der Waals surface area (Å²) >= 11 is 9.33. The number of nitrogens with zero attached hydrogens (tertiary/aromatic N) is 2. The molecule has 0 spiro atoms. The first-order chi connectivity index (χ1) is 7.77. The molecule has 1 saturated carbocycles. The van der Waals surface area contributed by atoms with E-state index in [1.165, 1.54) is 44.9 Å². The molecule has 2 rings (SSSR count). The average Bonchev–Trinajstić information content (AvgIpc) is 2.53. The van der Waals surface area contributed by atoms with Gasteiger partial charge in [0, 0.05) is 6.04 Å². The van der Waals surface area contributed by atoms with Crippen molar-refractivity contribution in [2.24, 2.45) is 0 Å². The minimum atomic E-state index is 0.464. The fraction of sp³-hybridized carbons (Fsp3) is 0.636. The first-order valence-electron chi connectivity index (χ1n) is 5.70. The van der Waals surface area contributed by atoms with Crippen LogP contribution >= 0.6 is 27.5 Å². The molecule has 0 unspecified atom stereocenters. The van der Waals surface area contributed by atoms with Crippen LogP contribution in [-0.2, 0) is 0 Å². The molecule has 1 heterocycles. The zero-order chi connectivity index (χ0) is 11.4. The van der Waals surface area contributed by atoms with E-state index in [2.05, 4.69) is 31.2 Å². The highest BCUT2D eigenvalue weighted by Gasteiger charge is 2.14. The molecule has 1 aliphatic rings. The Morgan fingerprint density at radius 3 is 2.56 bits per heavy atom. The number of rotatable bonds is 2. The lowest BCUT2D eigenvalue weighted by atomic mass is 10.1. The molecular weight excluding hydrogens is 289 g/mol. The first-order valence-corrected chi connectivity index (χ1v) is 6.87. The first kappa shape index (κ1) is 12.1. The molecule has 0 saturated heterocycles. The van der Waals surface area contributed by atoms with Gasteiger partial charge in [-0.15, -0.1) is 0 Å². The fourth-order valence-corrected chi connectivity index (χ4v) is 2.52. The number of hydrogen-bond donors (Lipinski definition) is 1. The van der Waals surface area contributed by atoms with Crippen molar-refractivity contribution >= 4 is 33.3 Å². The van der Waals surface area contributed by atoms with Crippen molar-refractivity contribution < 1.29 is 0 Å². The van der Waals surface area contributed by atoms with Gasteiger partial charge in [-0.1, -0.05) is 37.3 Å². The Balaban J connectivity index is 2.04. The zero-order valence-corrected chi connectivity index (χ0v) is 11.4. The summed E-state index contributed by atoms with van der Waals surface area (Å²) in [6.07, 6.45) is 9.23. The molecule has 0 radical (unpaired) electrons. The molecule has 1 aromatic rings. The van der Waals surface area contributed by atoms with E-state index in [0.717, 1.165) is 10.3 Å². The van der Waals surface area contributed by atoms with E-state index in [1.54, 1.807) is 0 Å². The molecule has 1 aliphatic carbocycles. The Labute approximate surface area is 109 Å². The summed E-state index contributed by atoms with van der Waals surface area (Å²) in [5.74, 6) is 0.812. The summed E-state index contributed by atoms with van der Waals surface area (Å²) < 4.78 is 0.765. The van der Waals surface area contributed by atoms with Crippen molar-refractivity contribution in [3.05, 3.63) is 16.0 Å². The van der Waals surface area contributed by atoms with Gasteiger partial charge in [0.25, 0.3) is 0 Å². The Morgan fingerprint density at radius 2 is 1.88 bits per heavy atom. The molecule has 0 atom stereocenters. The van der Waals surface area contributed by atoms with Crippen molar-refractivity contribution in [1.29, 1.82) is 0 Å². The van der Waals surface area contributed by atoms with Gasteiger partial charge in [-0.2, -0.15) is 0 Å². The lowest BCUT2D eigenvalue weighted by molar-refractivity contribution is 0.617. The summed E-state index contributed by atoms with van der Waals surface area (Å²) in [5, 5.41) is 3.91. The predicted octanol–water partition coefficient (Wildman–Crippen LogP) is 4.03. The van der Waals surface area contributed by atoms with E-state index < -0.39 is 0 Å². The number of nitrogens with one attached hydrogen (secondary N) is 1. The minimum absolute atomic E-state index is 0.464. The van der Waals surface area contributed by atoms with Crippen molar-refractivity contribution in [3.63, 3.8) is 0 Å². The Kier molecular flexibility index (Phi) is 4.41. The molecule has 88 valence electrons. The third kappa shape index (κ3) is 3.08. The number of hydrogen-bond acceptors (Lipinski definition) is 3. The maximum Gasteiger partial charge on any atom is 0.148 e. The zero-order valence-electron chi connectivity index (χ0n) is 9.05. The summed E-state index contributed by atoms with van der Waals surface area (Å²) in [5.41, 5.74) is 0. The van der Waals surface area contributed by atoms with Crippen LogP contribution < -0.4 is 5.32 Å². The molecular formula is C11H15BrClN3. The van der Waals surface area contributed by atoms with Gasteiger partial charge >= 0.3 is 0 Å². The number of aromatic nitrogens is 2. The van der Waals surface area contributed by atoms with Crippen LogP contribution in [0.2, 0.25) is 5.15 Å². The third-order valence-electron chi connectivity index (χ3n) is 2.94. The Morgan fingerprint density at radius 1 is 1.19 bits per heavy atom. The summed E-state index contributed by atoms with van der Waals surface area (Å²) in [6, 6.07) is 0.518. The van der Waals surface area contributed by atoms with Crippen molar-refractivity contribution in [3.8, 4) is 0 Å². The molecule has 1 fully saturated rings. The second-order valence-corrected chi connectivity index (χ2v) is 5.31. The van der Waals surface area contributed by atoms with Gasteiger partial charge in [0.05, 0.1) is 4.47 Å². The second-order valence-electron chi connectivity index (χ2n) is 4.16.